The Hall–Kier alpha value is -4.25. The van der Waals surface area contributed by atoms with E-state index in [-0.39, 0.29) is 22.2 Å². The molecule has 1 heterocycles. The van der Waals surface area contributed by atoms with Crippen LogP contribution in [-0.2, 0) is 32.4 Å². The number of nitrogens with one attached hydrogen (secondary N) is 2. The molecule has 2 aromatic carbocycles. The van der Waals surface area contributed by atoms with E-state index >= 15 is 0 Å². The third-order valence-corrected chi connectivity index (χ3v) is 6.34. The van der Waals surface area contributed by atoms with Gasteiger partial charge in [0.2, 0.25) is 11.8 Å². The Bertz CT molecular complexity index is 1310. The smallest absolute Gasteiger partial charge is 0.437 e. The predicted octanol–water partition coefficient (Wildman–Crippen LogP) is 2.64. The largest absolute Gasteiger partial charge is 0.514 e. The van der Waals surface area contributed by atoms with Crippen molar-refractivity contribution in [2.45, 2.75) is 24.2 Å². The van der Waals surface area contributed by atoms with Gasteiger partial charge in [0.25, 0.3) is 15.9 Å². The second-order valence-electron chi connectivity index (χ2n) is 7.61. The van der Waals surface area contributed by atoms with Crippen LogP contribution in [0.2, 0.25) is 0 Å². The SMILES string of the molecule is COC(=O)Oc1ccc(C(=O)NS(=O)(=O)c2cccc(CCNC(=O)CCc3ccccc3)c2)cn1. The van der Waals surface area contributed by atoms with Crippen molar-refractivity contribution in [3.05, 3.63) is 89.6 Å². The molecule has 0 unspecified atom stereocenters. The predicted molar refractivity (Wildman–Crippen MR) is 130 cm³/mol. The number of benzene rings is 2. The number of hydrogen-bond acceptors (Lipinski definition) is 8. The molecule has 0 saturated heterocycles. The number of ether oxygens (including phenoxy) is 2. The zero-order valence-corrected chi connectivity index (χ0v) is 20.3. The van der Waals surface area contributed by atoms with Crippen LogP contribution in [0.15, 0.2) is 77.8 Å². The molecule has 0 spiro atoms. The molecule has 0 bridgehead atoms. The van der Waals surface area contributed by atoms with Crippen LogP contribution in [0.4, 0.5) is 4.79 Å². The molecule has 0 radical (unpaired) electrons. The van der Waals surface area contributed by atoms with Gasteiger partial charge in [-0.25, -0.2) is 22.9 Å². The molecule has 11 heteroatoms. The zero-order chi connectivity index (χ0) is 26.0. The van der Waals surface area contributed by atoms with Crippen molar-refractivity contribution in [3.8, 4) is 5.88 Å². The van der Waals surface area contributed by atoms with Crippen LogP contribution in [0.3, 0.4) is 0 Å². The number of amides is 2. The fourth-order valence-corrected chi connectivity index (χ4v) is 4.19. The van der Waals surface area contributed by atoms with E-state index in [0.29, 0.717) is 31.4 Å². The normalized spacial score (nSPS) is 10.8. The Balaban J connectivity index is 1.53. The van der Waals surface area contributed by atoms with Crippen molar-refractivity contribution in [3.63, 3.8) is 0 Å². The lowest BCUT2D eigenvalue weighted by Crippen LogP contribution is -2.30. The summed E-state index contributed by atoms with van der Waals surface area (Å²) in [5.41, 5.74) is 1.71. The van der Waals surface area contributed by atoms with Gasteiger partial charge in [-0.3, -0.25) is 9.59 Å². The molecule has 2 N–H and O–H groups in total. The fraction of sp³-hybridized carbons (Fsp3) is 0.200. The van der Waals surface area contributed by atoms with Gasteiger partial charge in [0.1, 0.15) is 0 Å². The van der Waals surface area contributed by atoms with Gasteiger partial charge in [0.05, 0.1) is 17.6 Å². The maximum atomic E-state index is 12.7. The average molecular weight is 512 g/mol. The monoisotopic (exact) mass is 511 g/mol. The molecular formula is C25H25N3O7S. The first-order valence-corrected chi connectivity index (χ1v) is 12.4. The molecule has 0 saturated carbocycles. The summed E-state index contributed by atoms with van der Waals surface area (Å²) in [6.45, 7) is 0.342. The van der Waals surface area contributed by atoms with Gasteiger partial charge < -0.3 is 14.8 Å². The topological polar surface area (TPSA) is 141 Å². The van der Waals surface area contributed by atoms with E-state index in [2.05, 4.69) is 15.0 Å². The second kappa shape index (κ2) is 12.5. The molecule has 2 amide bonds. The summed E-state index contributed by atoms with van der Waals surface area (Å²) in [4.78, 5) is 39.3. The standard InChI is InChI=1S/C25H25N3O7S/c1-34-25(31)35-23-13-11-20(17-27-23)24(30)28-36(32,33)21-9-5-8-19(16-21)14-15-26-22(29)12-10-18-6-3-2-4-7-18/h2-9,11,13,16-17H,10,12,14-15H2,1H3,(H,26,29)(H,28,30). The third-order valence-electron chi connectivity index (χ3n) is 5.01. The van der Waals surface area contributed by atoms with Gasteiger partial charge >= 0.3 is 6.16 Å². The minimum absolute atomic E-state index is 0.0508. The lowest BCUT2D eigenvalue weighted by molar-refractivity contribution is -0.121. The first-order valence-electron chi connectivity index (χ1n) is 11.0. The number of carbonyl (C=O) groups excluding carboxylic acids is 3. The van der Waals surface area contributed by atoms with Gasteiger partial charge in [-0.15, -0.1) is 0 Å². The highest BCUT2D eigenvalue weighted by molar-refractivity contribution is 7.90. The summed E-state index contributed by atoms with van der Waals surface area (Å²) in [7, 11) is -3.03. The summed E-state index contributed by atoms with van der Waals surface area (Å²) in [5, 5.41) is 2.83. The number of aryl methyl sites for hydroxylation is 1. The highest BCUT2D eigenvalue weighted by Crippen LogP contribution is 2.14. The number of nitrogens with zero attached hydrogens (tertiary/aromatic N) is 1. The van der Waals surface area contributed by atoms with E-state index in [9.17, 15) is 22.8 Å². The van der Waals surface area contributed by atoms with Crippen LogP contribution < -0.4 is 14.8 Å². The van der Waals surface area contributed by atoms with Crippen molar-refractivity contribution < 1.29 is 32.3 Å². The number of hydrogen-bond donors (Lipinski definition) is 2. The van der Waals surface area contributed by atoms with Crippen molar-refractivity contribution in [1.29, 1.82) is 0 Å². The Morgan fingerprint density at radius 1 is 0.917 bits per heavy atom. The minimum Gasteiger partial charge on any atom is -0.437 e. The number of carbonyl (C=O) groups is 3. The molecule has 188 valence electrons. The third kappa shape index (κ3) is 7.91. The number of aromatic nitrogens is 1. The van der Waals surface area contributed by atoms with E-state index in [4.69, 9.17) is 4.74 Å². The Morgan fingerprint density at radius 3 is 2.36 bits per heavy atom. The number of rotatable bonds is 10. The molecule has 36 heavy (non-hydrogen) atoms. The summed E-state index contributed by atoms with van der Waals surface area (Å²) < 4.78 is 36.5. The van der Waals surface area contributed by atoms with Crippen LogP contribution in [0.5, 0.6) is 5.88 Å². The second-order valence-corrected chi connectivity index (χ2v) is 9.29. The average Bonchev–Trinajstić information content (AvgIpc) is 2.88. The molecule has 1 aromatic heterocycles. The Labute approximate surface area is 208 Å². The molecule has 0 aliphatic rings. The zero-order valence-electron chi connectivity index (χ0n) is 19.5. The molecule has 3 rings (SSSR count). The van der Waals surface area contributed by atoms with Gasteiger partial charge in [0.15, 0.2) is 0 Å². The molecule has 10 nitrogen and oxygen atoms in total. The quantitative estimate of drug-likeness (QED) is 0.396. The highest BCUT2D eigenvalue weighted by Gasteiger charge is 2.20. The van der Waals surface area contributed by atoms with Crippen LogP contribution in [0.1, 0.15) is 27.9 Å². The number of methoxy groups -OCH3 is 1. The van der Waals surface area contributed by atoms with Crippen molar-refractivity contribution in [1.82, 2.24) is 15.0 Å². The molecule has 0 atom stereocenters. The fourth-order valence-electron chi connectivity index (χ4n) is 3.15. The van der Waals surface area contributed by atoms with E-state index < -0.39 is 22.1 Å². The number of sulfonamides is 1. The van der Waals surface area contributed by atoms with Gasteiger partial charge in [-0.05, 0) is 42.2 Å². The van der Waals surface area contributed by atoms with Crippen LogP contribution in [0.25, 0.3) is 0 Å². The van der Waals surface area contributed by atoms with E-state index in [1.54, 1.807) is 12.1 Å². The summed E-state index contributed by atoms with van der Waals surface area (Å²) in [5.74, 6) is -1.10. The highest BCUT2D eigenvalue weighted by atomic mass is 32.2. The molecular weight excluding hydrogens is 486 g/mol. The van der Waals surface area contributed by atoms with Crippen LogP contribution in [0, 0.1) is 0 Å². The van der Waals surface area contributed by atoms with Crippen LogP contribution in [-0.4, -0.2) is 45.0 Å². The first-order chi connectivity index (χ1) is 17.3. The van der Waals surface area contributed by atoms with Crippen molar-refractivity contribution in [2.75, 3.05) is 13.7 Å². The van der Waals surface area contributed by atoms with Crippen LogP contribution >= 0.6 is 0 Å². The molecule has 0 aliphatic carbocycles. The molecule has 0 aliphatic heterocycles. The van der Waals surface area contributed by atoms with Gasteiger partial charge in [-0.1, -0.05) is 42.5 Å². The maximum absolute atomic E-state index is 12.7. The van der Waals surface area contributed by atoms with E-state index in [1.807, 2.05) is 35.1 Å². The maximum Gasteiger partial charge on any atom is 0.514 e. The van der Waals surface area contributed by atoms with Crippen molar-refractivity contribution >= 4 is 28.0 Å². The lowest BCUT2D eigenvalue weighted by Gasteiger charge is -2.10. The lowest BCUT2D eigenvalue weighted by atomic mass is 10.1. The van der Waals surface area contributed by atoms with E-state index in [0.717, 1.165) is 18.9 Å². The summed E-state index contributed by atoms with van der Waals surface area (Å²) in [6.07, 6.45) is 1.50. The number of pyridine rings is 1. The molecule has 0 fully saturated rings. The Kier molecular flexibility index (Phi) is 9.12. The summed E-state index contributed by atoms with van der Waals surface area (Å²) >= 11 is 0. The first kappa shape index (κ1) is 26.4. The van der Waals surface area contributed by atoms with E-state index in [1.165, 1.54) is 24.3 Å². The minimum atomic E-state index is -4.16. The van der Waals surface area contributed by atoms with Gasteiger partial charge in [0, 0.05) is 25.2 Å². The van der Waals surface area contributed by atoms with Gasteiger partial charge in [-0.2, -0.15) is 0 Å². The Morgan fingerprint density at radius 2 is 1.67 bits per heavy atom. The van der Waals surface area contributed by atoms with Crippen molar-refractivity contribution in [2.24, 2.45) is 0 Å². The summed E-state index contributed by atoms with van der Waals surface area (Å²) in [6, 6.07) is 18.3. The molecule has 3 aromatic rings.